The van der Waals surface area contributed by atoms with E-state index in [0.29, 0.717) is 44.2 Å². The quantitative estimate of drug-likeness (QED) is 0.706. The lowest BCUT2D eigenvalue weighted by molar-refractivity contribution is -0.126. The molecule has 7 nitrogen and oxygen atoms in total. The van der Waals surface area contributed by atoms with Crippen LogP contribution in [0.2, 0.25) is 0 Å². The molecule has 0 saturated carbocycles. The van der Waals surface area contributed by atoms with Gasteiger partial charge in [0.2, 0.25) is 5.91 Å². The van der Waals surface area contributed by atoms with E-state index in [1.807, 2.05) is 24.0 Å². The Hall–Kier alpha value is -3.20. The lowest BCUT2D eigenvalue weighted by Gasteiger charge is -2.37. The minimum absolute atomic E-state index is 0.109. The summed E-state index contributed by atoms with van der Waals surface area (Å²) in [6.07, 6.45) is 0. The lowest BCUT2D eigenvalue weighted by Crippen LogP contribution is -2.54. The molecule has 0 radical (unpaired) electrons. The van der Waals surface area contributed by atoms with E-state index in [1.54, 1.807) is 25.2 Å². The van der Waals surface area contributed by atoms with Crippen LogP contribution in [0, 0.1) is 11.6 Å². The van der Waals surface area contributed by atoms with Crippen LogP contribution in [0.4, 0.5) is 8.78 Å². The highest BCUT2D eigenvalue weighted by atomic mass is 19.2. The maximum atomic E-state index is 13.4. The molecular weight excluding hydrogens is 420 g/mol. The molecule has 0 bridgehead atoms. The molecule has 2 amide bonds. The van der Waals surface area contributed by atoms with Crippen molar-refractivity contribution < 1.29 is 27.8 Å². The molecule has 1 fully saturated rings. The third-order valence-corrected chi connectivity index (χ3v) is 5.61. The summed E-state index contributed by atoms with van der Waals surface area (Å²) in [5.41, 5.74) is 0.989. The van der Waals surface area contributed by atoms with Gasteiger partial charge in [-0.1, -0.05) is 6.07 Å². The van der Waals surface area contributed by atoms with Gasteiger partial charge in [-0.2, -0.15) is 0 Å². The number of rotatable bonds is 7. The van der Waals surface area contributed by atoms with E-state index in [9.17, 15) is 18.4 Å². The summed E-state index contributed by atoms with van der Waals surface area (Å²) in [6.45, 7) is 3.95. The van der Waals surface area contributed by atoms with Gasteiger partial charge in [0.25, 0.3) is 5.91 Å². The molecule has 1 aliphatic heterocycles. The number of carbonyl (C=O) groups excluding carboxylic acids is 2. The minimum atomic E-state index is -1.05. The highest BCUT2D eigenvalue weighted by Crippen LogP contribution is 2.27. The number of hydrogen-bond donors (Lipinski definition) is 1. The van der Waals surface area contributed by atoms with Gasteiger partial charge < -0.3 is 19.7 Å². The zero-order valence-corrected chi connectivity index (χ0v) is 18.4. The van der Waals surface area contributed by atoms with Gasteiger partial charge in [0, 0.05) is 38.3 Å². The van der Waals surface area contributed by atoms with Gasteiger partial charge in [-0.15, -0.1) is 0 Å². The van der Waals surface area contributed by atoms with Crippen LogP contribution in [0.15, 0.2) is 36.4 Å². The second kappa shape index (κ2) is 10.4. The summed E-state index contributed by atoms with van der Waals surface area (Å²) in [7, 11) is 3.12. The monoisotopic (exact) mass is 447 g/mol. The highest BCUT2D eigenvalue weighted by Gasteiger charge is 2.28. The van der Waals surface area contributed by atoms with E-state index in [-0.39, 0.29) is 23.4 Å². The number of halogens is 2. The Morgan fingerprint density at radius 1 is 0.969 bits per heavy atom. The molecular formula is C23H27F2N3O4. The van der Waals surface area contributed by atoms with Gasteiger partial charge in [-0.05, 0) is 42.8 Å². The Morgan fingerprint density at radius 2 is 1.66 bits per heavy atom. The van der Waals surface area contributed by atoms with E-state index in [1.165, 1.54) is 6.07 Å². The molecule has 1 N–H and O–H groups in total. The van der Waals surface area contributed by atoms with E-state index < -0.39 is 11.6 Å². The second-order valence-corrected chi connectivity index (χ2v) is 7.54. The number of benzene rings is 2. The minimum Gasteiger partial charge on any atom is -0.493 e. The number of carbonyl (C=O) groups is 2. The fraction of sp³-hybridized carbons (Fsp3) is 0.391. The van der Waals surface area contributed by atoms with Gasteiger partial charge >= 0.3 is 0 Å². The van der Waals surface area contributed by atoms with Crippen LogP contribution in [0.3, 0.4) is 0 Å². The molecule has 1 atom stereocenters. The number of piperazine rings is 1. The average molecular weight is 447 g/mol. The topological polar surface area (TPSA) is 71.1 Å². The van der Waals surface area contributed by atoms with Crippen LogP contribution in [-0.2, 0) is 11.3 Å². The molecule has 1 unspecified atom stereocenters. The predicted molar refractivity (Wildman–Crippen MR) is 115 cm³/mol. The van der Waals surface area contributed by atoms with Crippen LogP contribution in [0.5, 0.6) is 11.5 Å². The molecule has 3 rings (SSSR count). The molecule has 0 spiro atoms. The maximum absolute atomic E-state index is 13.4. The molecule has 1 aliphatic rings. The van der Waals surface area contributed by atoms with E-state index >= 15 is 0 Å². The van der Waals surface area contributed by atoms with Crippen molar-refractivity contribution in [2.24, 2.45) is 0 Å². The second-order valence-electron chi connectivity index (χ2n) is 7.54. The number of methoxy groups -OCH3 is 2. The van der Waals surface area contributed by atoms with Gasteiger partial charge in [0.1, 0.15) is 0 Å². The predicted octanol–water partition coefficient (Wildman–Crippen LogP) is 2.44. The van der Waals surface area contributed by atoms with Gasteiger partial charge in [-0.25, -0.2) is 8.78 Å². The number of hydrogen-bond acceptors (Lipinski definition) is 5. The first-order chi connectivity index (χ1) is 15.3. The summed E-state index contributed by atoms with van der Waals surface area (Å²) in [5, 5.41) is 2.92. The van der Waals surface area contributed by atoms with Crippen molar-refractivity contribution in [1.82, 2.24) is 15.1 Å². The zero-order valence-electron chi connectivity index (χ0n) is 18.4. The number of nitrogens with zero attached hydrogens (tertiary/aromatic N) is 2. The van der Waals surface area contributed by atoms with Crippen molar-refractivity contribution in [1.29, 1.82) is 0 Å². The summed E-state index contributed by atoms with van der Waals surface area (Å²) in [5.74, 6) is -1.30. The van der Waals surface area contributed by atoms with Crippen molar-refractivity contribution in [2.75, 3.05) is 40.4 Å². The van der Waals surface area contributed by atoms with Crippen molar-refractivity contribution in [3.63, 3.8) is 0 Å². The van der Waals surface area contributed by atoms with E-state index in [2.05, 4.69) is 5.32 Å². The summed E-state index contributed by atoms with van der Waals surface area (Å²) in [4.78, 5) is 28.7. The van der Waals surface area contributed by atoms with Crippen LogP contribution < -0.4 is 14.8 Å². The summed E-state index contributed by atoms with van der Waals surface area (Å²) < 4.78 is 37.0. The standard InChI is InChI=1S/C23H27F2N3O4/c1-15(22(29)26-14-16-4-7-20(31-2)21(12-16)32-3)27-8-10-28(11-9-27)23(30)17-5-6-18(24)19(25)13-17/h4-7,12-13,15H,8-11,14H2,1-3H3,(H,26,29). The fourth-order valence-electron chi connectivity index (χ4n) is 3.62. The van der Waals surface area contributed by atoms with E-state index in [0.717, 1.165) is 17.7 Å². The van der Waals surface area contributed by atoms with Gasteiger partial charge in [-0.3, -0.25) is 14.5 Å². The van der Waals surface area contributed by atoms with Crippen LogP contribution in [0.1, 0.15) is 22.8 Å². The first-order valence-electron chi connectivity index (χ1n) is 10.3. The van der Waals surface area contributed by atoms with Crippen molar-refractivity contribution >= 4 is 11.8 Å². The molecule has 172 valence electrons. The summed E-state index contributed by atoms with van der Waals surface area (Å²) in [6, 6.07) is 8.21. The Kier molecular flexibility index (Phi) is 7.63. The first-order valence-corrected chi connectivity index (χ1v) is 10.3. The van der Waals surface area contributed by atoms with Gasteiger partial charge in [0.05, 0.1) is 20.3 Å². The maximum Gasteiger partial charge on any atom is 0.254 e. The smallest absolute Gasteiger partial charge is 0.254 e. The Bertz CT molecular complexity index is 978. The molecule has 1 saturated heterocycles. The van der Waals surface area contributed by atoms with Crippen molar-refractivity contribution in [2.45, 2.75) is 19.5 Å². The summed E-state index contributed by atoms with van der Waals surface area (Å²) >= 11 is 0. The fourth-order valence-corrected chi connectivity index (χ4v) is 3.62. The van der Waals surface area contributed by atoms with Crippen molar-refractivity contribution in [3.05, 3.63) is 59.2 Å². The molecule has 0 aromatic heterocycles. The normalized spacial score (nSPS) is 15.2. The van der Waals surface area contributed by atoms with Crippen LogP contribution in [0.25, 0.3) is 0 Å². The third-order valence-electron chi connectivity index (χ3n) is 5.61. The third kappa shape index (κ3) is 5.34. The van der Waals surface area contributed by atoms with Crippen LogP contribution >= 0.6 is 0 Å². The van der Waals surface area contributed by atoms with Crippen LogP contribution in [-0.4, -0.2) is 68.1 Å². The highest BCUT2D eigenvalue weighted by molar-refractivity contribution is 5.94. The Morgan fingerprint density at radius 3 is 2.28 bits per heavy atom. The molecule has 2 aromatic carbocycles. The first kappa shape index (κ1) is 23.5. The SMILES string of the molecule is COc1ccc(CNC(=O)C(C)N2CCN(C(=O)c3ccc(F)c(F)c3)CC2)cc1OC. The lowest BCUT2D eigenvalue weighted by atomic mass is 10.1. The molecule has 2 aromatic rings. The molecule has 0 aliphatic carbocycles. The average Bonchev–Trinajstić information content (AvgIpc) is 2.83. The van der Waals surface area contributed by atoms with Crippen molar-refractivity contribution in [3.8, 4) is 11.5 Å². The Labute approximate surface area is 185 Å². The number of nitrogens with one attached hydrogen (secondary N) is 1. The number of ether oxygens (including phenoxy) is 2. The molecule has 9 heteroatoms. The molecule has 1 heterocycles. The Balaban J connectivity index is 1.51. The van der Waals surface area contributed by atoms with E-state index in [4.69, 9.17) is 9.47 Å². The zero-order chi connectivity index (χ0) is 23.3. The molecule has 32 heavy (non-hydrogen) atoms. The number of amides is 2. The largest absolute Gasteiger partial charge is 0.493 e. The van der Waals surface area contributed by atoms with Gasteiger partial charge in [0.15, 0.2) is 23.1 Å².